The number of nitrogens with zero attached hydrogens (tertiary/aromatic N) is 1. The van der Waals surface area contributed by atoms with Crippen molar-refractivity contribution in [2.45, 2.75) is 31.1 Å². The van der Waals surface area contributed by atoms with Gasteiger partial charge in [0.2, 0.25) is 0 Å². The zero-order valence-electron chi connectivity index (χ0n) is 7.84. The standard InChI is InChI=1S/C10H16ClNO/c11-9(8-13)7-10-1-4-12(5-2-10)6-3-10/h8-9H,1-7H2. The number of fused-ring (bicyclic) bond motifs is 3. The van der Waals surface area contributed by atoms with E-state index in [2.05, 4.69) is 4.90 Å². The molecule has 0 spiro atoms. The number of alkyl halides is 1. The maximum atomic E-state index is 10.5. The molecule has 3 saturated heterocycles. The fourth-order valence-electron chi connectivity index (χ4n) is 2.66. The lowest BCUT2D eigenvalue weighted by Crippen LogP contribution is -2.49. The second kappa shape index (κ2) is 3.58. The van der Waals surface area contributed by atoms with Gasteiger partial charge in [-0.05, 0) is 50.7 Å². The molecule has 0 aromatic rings. The van der Waals surface area contributed by atoms with Crippen LogP contribution in [0.2, 0.25) is 0 Å². The van der Waals surface area contributed by atoms with Crippen LogP contribution < -0.4 is 0 Å². The summed E-state index contributed by atoms with van der Waals surface area (Å²) < 4.78 is 0. The minimum atomic E-state index is -0.260. The molecule has 3 fully saturated rings. The first kappa shape index (κ1) is 9.47. The third-order valence-corrected chi connectivity index (χ3v) is 3.91. The van der Waals surface area contributed by atoms with Gasteiger partial charge in [-0.1, -0.05) is 0 Å². The van der Waals surface area contributed by atoms with E-state index < -0.39 is 0 Å². The lowest BCUT2D eigenvalue weighted by molar-refractivity contribution is -0.108. The Morgan fingerprint density at radius 3 is 2.31 bits per heavy atom. The SMILES string of the molecule is O=CC(Cl)CC12CCN(CC1)CC2. The van der Waals surface area contributed by atoms with Crippen LogP contribution in [0.3, 0.4) is 0 Å². The van der Waals surface area contributed by atoms with E-state index in [1.54, 1.807) is 0 Å². The molecule has 0 radical (unpaired) electrons. The fraction of sp³-hybridized carbons (Fsp3) is 0.900. The summed E-state index contributed by atoms with van der Waals surface area (Å²) in [7, 11) is 0. The molecular formula is C10H16ClNO. The Morgan fingerprint density at radius 1 is 1.31 bits per heavy atom. The van der Waals surface area contributed by atoms with E-state index in [1.807, 2.05) is 0 Å². The highest BCUT2D eigenvalue weighted by molar-refractivity contribution is 6.27. The molecule has 0 aromatic carbocycles. The minimum Gasteiger partial charge on any atom is -0.303 e. The van der Waals surface area contributed by atoms with E-state index >= 15 is 0 Å². The largest absolute Gasteiger partial charge is 0.303 e. The smallest absolute Gasteiger partial charge is 0.137 e. The Hall–Kier alpha value is -0.0800. The highest BCUT2D eigenvalue weighted by atomic mass is 35.5. The number of halogens is 1. The van der Waals surface area contributed by atoms with E-state index in [0.29, 0.717) is 5.41 Å². The Morgan fingerprint density at radius 2 is 1.85 bits per heavy atom. The van der Waals surface area contributed by atoms with Gasteiger partial charge >= 0.3 is 0 Å². The molecule has 1 unspecified atom stereocenters. The van der Waals surface area contributed by atoms with Crippen LogP contribution >= 0.6 is 11.6 Å². The molecule has 0 saturated carbocycles. The van der Waals surface area contributed by atoms with Crippen LogP contribution in [-0.2, 0) is 4.79 Å². The number of carbonyl (C=O) groups excluding carboxylic acids is 1. The molecule has 3 heterocycles. The Balaban J connectivity index is 1.98. The molecule has 0 aliphatic carbocycles. The van der Waals surface area contributed by atoms with E-state index in [1.165, 1.54) is 38.9 Å². The second-order valence-electron chi connectivity index (χ2n) is 4.45. The molecule has 2 nitrogen and oxygen atoms in total. The lowest BCUT2D eigenvalue weighted by atomic mass is 9.69. The Labute approximate surface area is 84.2 Å². The molecule has 0 aromatic heterocycles. The first-order chi connectivity index (χ1) is 6.24. The van der Waals surface area contributed by atoms with Crippen LogP contribution in [0.1, 0.15) is 25.7 Å². The van der Waals surface area contributed by atoms with Gasteiger partial charge < -0.3 is 9.69 Å². The van der Waals surface area contributed by atoms with Crippen molar-refractivity contribution < 1.29 is 4.79 Å². The predicted octanol–water partition coefficient (Wildman–Crippen LogP) is 1.67. The van der Waals surface area contributed by atoms with Crippen LogP contribution in [0.15, 0.2) is 0 Å². The zero-order valence-corrected chi connectivity index (χ0v) is 8.59. The summed E-state index contributed by atoms with van der Waals surface area (Å²) in [6.45, 7) is 3.63. The summed E-state index contributed by atoms with van der Waals surface area (Å²) >= 11 is 5.90. The van der Waals surface area contributed by atoms with Crippen molar-refractivity contribution in [3.05, 3.63) is 0 Å². The molecule has 3 rings (SSSR count). The number of piperidine rings is 3. The van der Waals surface area contributed by atoms with E-state index in [-0.39, 0.29) is 5.38 Å². The summed E-state index contributed by atoms with van der Waals surface area (Å²) in [6.07, 6.45) is 5.50. The van der Waals surface area contributed by atoms with Crippen LogP contribution in [0.5, 0.6) is 0 Å². The Bertz CT molecular complexity index is 185. The molecule has 3 heteroatoms. The molecule has 74 valence electrons. The normalized spacial score (nSPS) is 40.2. The summed E-state index contributed by atoms with van der Waals surface area (Å²) in [5.41, 5.74) is 0.405. The summed E-state index contributed by atoms with van der Waals surface area (Å²) in [4.78, 5) is 13.0. The van der Waals surface area contributed by atoms with Gasteiger partial charge in [-0.3, -0.25) is 0 Å². The van der Waals surface area contributed by atoms with Crippen molar-refractivity contribution in [2.24, 2.45) is 5.41 Å². The maximum absolute atomic E-state index is 10.5. The van der Waals surface area contributed by atoms with Crippen LogP contribution in [0, 0.1) is 5.41 Å². The van der Waals surface area contributed by atoms with Crippen molar-refractivity contribution in [1.82, 2.24) is 4.90 Å². The molecule has 0 N–H and O–H groups in total. The van der Waals surface area contributed by atoms with E-state index in [0.717, 1.165) is 12.7 Å². The van der Waals surface area contributed by atoms with Crippen molar-refractivity contribution in [3.63, 3.8) is 0 Å². The van der Waals surface area contributed by atoms with Gasteiger partial charge in [0.25, 0.3) is 0 Å². The average molecular weight is 202 g/mol. The van der Waals surface area contributed by atoms with Crippen molar-refractivity contribution in [1.29, 1.82) is 0 Å². The number of hydrogen-bond acceptors (Lipinski definition) is 2. The third kappa shape index (κ3) is 1.89. The minimum absolute atomic E-state index is 0.260. The van der Waals surface area contributed by atoms with Gasteiger partial charge in [0, 0.05) is 0 Å². The van der Waals surface area contributed by atoms with Gasteiger partial charge in [-0.25, -0.2) is 0 Å². The van der Waals surface area contributed by atoms with E-state index in [9.17, 15) is 4.79 Å². The number of rotatable bonds is 3. The first-order valence-corrected chi connectivity index (χ1v) is 5.49. The predicted molar refractivity (Wildman–Crippen MR) is 53.0 cm³/mol. The first-order valence-electron chi connectivity index (χ1n) is 5.06. The third-order valence-electron chi connectivity index (χ3n) is 3.65. The topological polar surface area (TPSA) is 20.3 Å². The van der Waals surface area contributed by atoms with Crippen LogP contribution in [0.25, 0.3) is 0 Å². The maximum Gasteiger partial charge on any atom is 0.137 e. The average Bonchev–Trinajstić information content (AvgIpc) is 2.20. The summed E-state index contributed by atoms with van der Waals surface area (Å²) in [5, 5.41) is -0.260. The van der Waals surface area contributed by atoms with Crippen LogP contribution in [-0.4, -0.2) is 36.2 Å². The molecule has 3 aliphatic rings. The van der Waals surface area contributed by atoms with Crippen molar-refractivity contribution in [2.75, 3.05) is 19.6 Å². The fourth-order valence-corrected chi connectivity index (χ4v) is 2.99. The number of aldehydes is 1. The van der Waals surface area contributed by atoms with Crippen LogP contribution in [0.4, 0.5) is 0 Å². The number of carbonyl (C=O) groups is 1. The monoisotopic (exact) mass is 201 g/mol. The molecule has 1 atom stereocenters. The van der Waals surface area contributed by atoms with Gasteiger partial charge in [-0.15, -0.1) is 11.6 Å². The lowest BCUT2D eigenvalue weighted by Gasteiger charge is -2.49. The Kier molecular flexibility index (Phi) is 2.61. The molecule has 3 aliphatic heterocycles. The quantitative estimate of drug-likeness (QED) is 0.512. The van der Waals surface area contributed by atoms with Gasteiger partial charge in [0.1, 0.15) is 6.29 Å². The van der Waals surface area contributed by atoms with E-state index in [4.69, 9.17) is 11.6 Å². The molecular weight excluding hydrogens is 186 g/mol. The van der Waals surface area contributed by atoms with Gasteiger partial charge in [0.15, 0.2) is 0 Å². The second-order valence-corrected chi connectivity index (χ2v) is 5.01. The highest BCUT2D eigenvalue weighted by Crippen LogP contribution is 2.44. The molecule has 13 heavy (non-hydrogen) atoms. The number of hydrogen-bond donors (Lipinski definition) is 0. The summed E-state index contributed by atoms with van der Waals surface area (Å²) in [6, 6.07) is 0. The van der Waals surface area contributed by atoms with Crippen molar-refractivity contribution >= 4 is 17.9 Å². The summed E-state index contributed by atoms with van der Waals surface area (Å²) in [5.74, 6) is 0. The van der Waals surface area contributed by atoms with Crippen molar-refractivity contribution in [3.8, 4) is 0 Å². The highest BCUT2D eigenvalue weighted by Gasteiger charge is 2.40. The zero-order chi connectivity index (χ0) is 9.31. The molecule has 0 amide bonds. The van der Waals surface area contributed by atoms with Gasteiger partial charge in [0.05, 0.1) is 5.38 Å². The molecule has 2 bridgehead atoms. The van der Waals surface area contributed by atoms with Gasteiger partial charge in [-0.2, -0.15) is 0 Å².